The summed E-state index contributed by atoms with van der Waals surface area (Å²) < 4.78 is 20.7. The number of hydrogen-bond donors (Lipinski definition) is 4. The fourth-order valence-corrected chi connectivity index (χ4v) is 4.99. The minimum absolute atomic E-state index is 0.0124. The number of amides is 1. The first-order chi connectivity index (χ1) is 16.3. The SMILES string of the molecule is COc1ccc(Nc2nc(NN3C[C@@H](C)N[C@@H](C)C3)ncc2F)cc1NC(=O)c1ccc(Br)s1. The molecule has 2 aromatic heterocycles. The second-order valence-corrected chi connectivity index (χ2v) is 10.4. The van der Waals surface area contributed by atoms with Crippen LogP contribution in [0.4, 0.5) is 27.5 Å². The first-order valence-corrected chi connectivity index (χ1v) is 12.2. The quantitative estimate of drug-likeness (QED) is 0.342. The van der Waals surface area contributed by atoms with Crippen LogP contribution in [-0.4, -0.2) is 53.2 Å². The van der Waals surface area contributed by atoms with Crippen molar-refractivity contribution in [1.82, 2.24) is 20.3 Å². The van der Waals surface area contributed by atoms with Gasteiger partial charge in [0.05, 0.1) is 27.7 Å². The number of thiophene rings is 1. The Bertz CT molecular complexity index is 1170. The molecule has 1 aliphatic heterocycles. The minimum Gasteiger partial charge on any atom is -0.495 e. The molecule has 0 spiro atoms. The summed E-state index contributed by atoms with van der Waals surface area (Å²) in [5.41, 5.74) is 4.12. The monoisotopic (exact) mass is 549 g/mol. The van der Waals surface area contributed by atoms with Gasteiger partial charge in [-0.2, -0.15) is 4.98 Å². The van der Waals surface area contributed by atoms with E-state index in [1.165, 1.54) is 18.4 Å². The van der Waals surface area contributed by atoms with Crippen molar-refractivity contribution in [3.05, 3.63) is 51.0 Å². The lowest BCUT2D eigenvalue weighted by Crippen LogP contribution is -2.55. The van der Waals surface area contributed by atoms with Crippen molar-refractivity contribution >= 4 is 56.3 Å². The van der Waals surface area contributed by atoms with E-state index in [0.717, 1.165) is 23.1 Å². The van der Waals surface area contributed by atoms with E-state index in [2.05, 4.69) is 61.1 Å². The zero-order valence-electron chi connectivity index (χ0n) is 18.9. The molecule has 34 heavy (non-hydrogen) atoms. The zero-order valence-corrected chi connectivity index (χ0v) is 21.3. The smallest absolute Gasteiger partial charge is 0.265 e. The standard InChI is InChI=1S/C22H25BrFN7O2S/c1-12-10-31(11-13(2)26-12)30-22-25-9-15(24)20(29-22)27-14-4-5-17(33-3)16(8-14)28-21(32)18-6-7-19(23)34-18/h4-9,12-13,26H,10-11H2,1-3H3,(H,28,32)(H2,25,27,29,30)/t12-,13+. The lowest BCUT2D eigenvalue weighted by molar-refractivity contribution is 0.103. The van der Waals surface area contributed by atoms with Crippen molar-refractivity contribution in [2.75, 3.05) is 36.3 Å². The molecule has 9 nitrogen and oxygen atoms in total. The highest BCUT2D eigenvalue weighted by Crippen LogP contribution is 2.31. The van der Waals surface area contributed by atoms with E-state index < -0.39 is 5.82 Å². The number of ether oxygens (including phenoxy) is 1. The van der Waals surface area contributed by atoms with Crippen molar-refractivity contribution in [2.24, 2.45) is 0 Å². The Kier molecular flexibility index (Phi) is 7.61. The highest BCUT2D eigenvalue weighted by Gasteiger charge is 2.22. The summed E-state index contributed by atoms with van der Waals surface area (Å²) in [6.45, 7) is 5.71. The van der Waals surface area contributed by atoms with Crippen LogP contribution in [0.2, 0.25) is 0 Å². The number of piperazine rings is 1. The highest BCUT2D eigenvalue weighted by molar-refractivity contribution is 9.11. The maximum Gasteiger partial charge on any atom is 0.265 e. The highest BCUT2D eigenvalue weighted by atomic mass is 79.9. The Labute approximate surface area is 209 Å². The van der Waals surface area contributed by atoms with Gasteiger partial charge in [0.15, 0.2) is 11.6 Å². The van der Waals surface area contributed by atoms with Crippen LogP contribution < -0.4 is 26.1 Å². The molecule has 1 aliphatic rings. The molecule has 3 heterocycles. The second kappa shape index (κ2) is 10.6. The van der Waals surface area contributed by atoms with Gasteiger partial charge >= 0.3 is 0 Å². The van der Waals surface area contributed by atoms with E-state index in [1.54, 1.807) is 30.3 Å². The molecule has 0 radical (unpaired) electrons. The fraction of sp³-hybridized carbons (Fsp3) is 0.318. The molecule has 0 saturated carbocycles. The van der Waals surface area contributed by atoms with Crippen LogP contribution in [0.25, 0.3) is 0 Å². The molecule has 1 aromatic carbocycles. The molecular weight excluding hydrogens is 525 g/mol. The molecule has 0 unspecified atom stereocenters. The van der Waals surface area contributed by atoms with Crippen molar-refractivity contribution in [3.8, 4) is 5.75 Å². The van der Waals surface area contributed by atoms with Crippen LogP contribution in [0.15, 0.2) is 40.3 Å². The van der Waals surface area contributed by atoms with Crippen molar-refractivity contribution < 1.29 is 13.9 Å². The topological polar surface area (TPSA) is 103 Å². The molecule has 0 bridgehead atoms. The molecule has 4 rings (SSSR count). The molecule has 4 N–H and O–H groups in total. The third kappa shape index (κ3) is 6.00. The Morgan fingerprint density at radius 1 is 1.26 bits per heavy atom. The molecule has 1 amide bonds. The average molecular weight is 550 g/mol. The predicted molar refractivity (Wildman–Crippen MR) is 135 cm³/mol. The normalized spacial score (nSPS) is 18.4. The molecular formula is C22H25BrFN7O2S. The van der Waals surface area contributed by atoms with Gasteiger partial charge in [-0.1, -0.05) is 0 Å². The van der Waals surface area contributed by atoms with Crippen LogP contribution in [0.5, 0.6) is 5.75 Å². The summed E-state index contributed by atoms with van der Waals surface area (Å²) in [5, 5.41) is 11.3. The molecule has 3 aromatic rings. The van der Waals surface area contributed by atoms with Crippen LogP contribution in [-0.2, 0) is 0 Å². The Hall–Kier alpha value is -2.80. The van der Waals surface area contributed by atoms with Crippen molar-refractivity contribution in [3.63, 3.8) is 0 Å². The maximum atomic E-state index is 14.5. The lowest BCUT2D eigenvalue weighted by atomic mass is 10.2. The Morgan fingerprint density at radius 2 is 2.03 bits per heavy atom. The molecule has 12 heteroatoms. The molecule has 180 valence electrons. The Balaban J connectivity index is 1.51. The summed E-state index contributed by atoms with van der Waals surface area (Å²) >= 11 is 4.68. The van der Waals surface area contributed by atoms with Crippen LogP contribution in [0.3, 0.4) is 0 Å². The number of anilines is 4. The number of methoxy groups -OCH3 is 1. The second-order valence-electron chi connectivity index (χ2n) is 7.97. The molecule has 0 aliphatic carbocycles. The van der Waals surface area contributed by atoms with Crippen molar-refractivity contribution in [2.45, 2.75) is 25.9 Å². The maximum absolute atomic E-state index is 14.5. The van der Waals surface area contributed by atoms with Gasteiger partial charge in [0.2, 0.25) is 5.95 Å². The third-order valence-electron chi connectivity index (χ3n) is 5.07. The summed E-state index contributed by atoms with van der Waals surface area (Å²) in [4.78, 5) is 21.5. The number of nitrogens with one attached hydrogen (secondary N) is 4. The van der Waals surface area contributed by atoms with Gasteiger partial charge in [0.1, 0.15) is 5.75 Å². The predicted octanol–water partition coefficient (Wildman–Crippen LogP) is 4.45. The van der Waals surface area contributed by atoms with E-state index in [4.69, 9.17) is 4.74 Å². The lowest BCUT2D eigenvalue weighted by Gasteiger charge is -2.35. The number of nitrogens with zero attached hydrogens (tertiary/aromatic N) is 3. The third-order valence-corrected chi connectivity index (χ3v) is 6.69. The van der Waals surface area contributed by atoms with Gasteiger partial charge in [0.25, 0.3) is 5.91 Å². The number of carbonyl (C=O) groups excluding carboxylic acids is 1. The summed E-state index contributed by atoms with van der Waals surface area (Å²) in [6.07, 6.45) is 1.12. The van der Waals surface area contributed by atoms with E-state index in [-0.39, 0.29) is 17.7 Å². The number of benzene rings is 1. The number of hydrazine groups is 1. The van der Waals surface area contributed by atoms with E-state index in [9.17, 15) is 9.18 Å². The van der Waals surface area contributed by atoms with Crippen LogP contribution in [0, 0.1) is 5.82 Å². The number of halogens is 2. The van der Waals surface area contributed by atoms with Crippen LogP contribution >= 0.6 is 27.3 Å². The van der Waals surface area contributed by atoms with Crippen molar-refractivity contribution in [1.29, 1.82) is 0 Å². The van der Waals surface area contributed by atoms with E-state index >= 15 is 0 Å². The molecule has 2 atom stereocenters. The zero-order chi connectivity index (χ0) is 24.2. The van der Waals surface area contributed by atoms with Gasteiger partial charge in [-0.3, -0.25) is 10.2 Å². The largest absolute Gasteiger partial charge is 0.495 e. The van der Waals surface area contributed by atoms with Crippen LogP contribution in [0.1, 0.15) is 23.5 Å². The van der Waals surface area contributed by atoms with Gasteiger partial charge in [-0.15, -0.1) is 11.3 Å². The first-order valence-electron chi connectivity index (χ1n) is 10.6. The van der Waals surface area contributed by atoms with Gasteiger partial charge in [0, 0.05) is 30.9 Å². The molecule has 1 fully saturated rings. The summed E-state index contributed by atoms with van der Waals surface area (Å²) in [7, 11) is 1.51. The van der Waals surface area contributed by atoms with E-state index in [0.29, 0.717) is 34.1 Å². The fourth-order valence-electron chi connectivity index (χ4n) is 3.71. The Morgan fingerprint density at radius 3 is 2.71 bits per heavy atom. The number of rotatable bonds is 7. The van der Waals surface area contributed by atoms with Gasteiger partial charge < -0.3 is 20.7 Å². The average Bonchev–Trinajstić information content (AvgIpc) is 3.22. The summed E-state index contributed by atoms with van der Waals surface area (Å²) in [5.74, 6) is -0.0985. The number of carbonyl (C=O) groups is 1. The van der Waals surface area contributed by atoms with E-state index in [1.807, 2.05) is 5.01 Å². The molecule has 1 saturated heterocycles. The first kappa shape index (κ1) is 24.3. The van der Waals surface area contributed by atoms with Gasteiger partial charge in [-0.05, 0) is 60.1 Å². The summed E-state index contributed by atoms with van der Waals surface area (Å²) in [6, 6.07) is 9.20. The minimum atomic E-state index is -0.600. The number of aromatic nitrogens is 2. The van der Waals surface area contributed by atoms with Gasteiger partial charge in [-0.25, -0.2) is 14.4 Å². The number of hydrogen-bond acceptors (Lipinski definition) is 9.